The molecule has 0 bridgehead atoms. The lowest BCUT2D eigenvalue weighted by molar-refractivity contribution is -0.124. The van der Waals surface area contributed by atoms with Crippen LogP contribution in [0.2, 0.25) is 0 Å². The van der Waals surface area contributed by atoms with Crippen LogP contribution in [0.5, 0.6) is 11.5 Å². The number of hydrogen-bond donors (Lipinski definition) is 2. The molecule has 0 unspecified atom stereocenters. The molecule has 18 heavy (non-hydrogen) atoms. The number of nitrogens with one attached hydrogen (secondary N) is 1. The van der Waals surface area contributed by atoms with Gasteiger partial charge in [0.1, 0.15) is 0 Å². The fourth-order valence-electron chi connectivity index (χ4n) is 1.40. The van der Waals surface area contributed by atoms with Crippen molar-refractivity contribution in [3.63, 3.8) is 0 Å². The fraction of sp³-hybridized carbons (Fsp3) is 0.462. The van der Waals surface area contributed by atoms with Crippen LogP contribution in [-0.4, -0.2) is 25.2 Å². The second-order valence-electron chi connectivity index (χ2n) is 5.00. The Kier molecular flexibility index (Phi) is 4.42. The third kappa shape index (κ3) is 4.53. The number of carbonyl (C=O) groups is 1. The van der Waals surface area contributed by atoms with Gasteiger partial charge >= 0.3 is 0 Å². The first-order valence-electron chi connectivity index (χ1n) is 5.69. The molecule has 0 saturated carbocycles. The molecule has 0 fully saturated rings. The van der Waals surface area contributed by atoms with Gasteiger partial charge in [-0.1, -0.05) is 0 Å². The van der Waals surface area contributed by atoms with Gasteiger partial charge in [0.05, 0.1) is 7.11 Å². The lowest BCUT2D eigenvalue weighted by atomic mass is 10.1. The minimum atomic E-state index is -0.272. The first-order chi connectivity index (χ1) is 8.31. The predicted octanol–water partition coefficient (Wildman–Crippen LogP) is 1.57. The van der Waals surface area contributed by atoms with Crippen LogP contribution in [-0.2, 0) is 4.79 Å². The van der Waals surface area contributed by atoms with Crippen LogP contribution in [0.3, 0.4) is 0 Å². The molecule has 0 aliphatic heterocycles. The first-order valence-corrected chi connectivity index (χ1v) is 5.69. The van der Waals surface area contributed by atoms with Gasteiger partial charge in [-0.15, -0.1) is 0 Å². The lowest BCUT2D eigenvalue weighted by Crippen LogP contribution is -2.43. The summed E-state index contributed by atoms with van der Waals surface area (Å²) in [5.41, 5.74) is 5.94. The normalized spacial score (nSPS) is 10.9. The molecule has 100 valence electrons. The monoisotopic (exact) mass is 252 g/mol. The summed E-state index contributed by atoms with van der Waals surface area (Å²) in [5.74, 6) is 0.829. The summed E-state index contributed by atoms with van der Waals surface area (Å²) in [7, 11) is 1.52. The van der Waals surface area contributed by atoms with E-state index in [9.17, 15) is 4.79 Å². The zero-order chi connectivity index (χ0) is 13.8. The molecule has 0 aromatic heterocycles. The number of hydrogen-bond acceptors (Lipinski definition) is 4. The summed E-state index contributed by atoms with van der Waals surface area (Å²) in [6.45, 7) is 5.68. The topological polar surface area (TPSA) is 73.6 Å². The van der Waals surface area contributed by atoms with Crippen molar-refractivity contribution in [1.29, 1.82) is 0 Å². The van der Waals surface area contributed by atoms with Gasteiger partial charge in [0.25, 0.3) is 5.91 Å². The van der Waals surface area contributed by atoms with E-state index in [0.29, 0.717) is 17.2 Å². The Hall–Kier alpha value is -1.91. The maximum Gasteiger partial charge on any atom is 0.258 e. The Labute approximate surface area is 107 Å². The number of nitrogens with two attached hydrogens (primary N) is 1. The van der Waals surface area contributed by atoms with Crippen molar-refractivity contribution in [3.8, 4) is 11.5 Å². The molecular formula is C13H20N2O3. The molecule has 0 spiro atoms. The Bertz CT molecular complexity index is 425. The molecule has 1 aromatic carbocycles. The van der Waals surface area contributed by atoms with Crippen LogP contribution < -0.4 is 20.5 Å². The molecule has 1 aromatic rings. The van der Waals surface area contributed by atoms with Crippen LogP contribution in [0.15, 0.2) is 18.2 Å². The summed E-state index contributed by atoms with van der Waals surface area (Å²) in [4.78, 5) is 11.6. The van der Waals surface area contributed by atoms with E-state index in [4.69, 9.17) is 15.2 Å². The quantitative estimate of drug-likeness (QED) is 0.798. The average molecular weight is 252 g/mol. The zero-order valence-corrected chi connectivity index (χ0v) is 11.2. The Balaban J connectivity index is 2.61. The van der Waals surface area contributed by atoms with Gasteiger partial charge in [-0.2, -0.15) is 0 Å². The van der Waals surface area contributed by atoms with E-state index in [1.807, 2.05) is 20.8 Å². The molecule has 0 radical (unpaired) electrons. The number of carbonyl (C=O) groups excluding carboxylic acids is 1. The van der Waals surface area contributed by atoms with E-state index >= 15 is 0 Å². The van der Waals surface area contributed by atoms with Crippen molar-refractivity contribution < 1.29 is 14.3 Å². The number of benzene rings is 1. The minimum absolute atomic E-state index is 0.0580. The number of anilines is 1. The van der Waals surface area contributed by atoms with Crippen molar-refractivity contribution in [2.24, 2.45) is 0 Å². The molecule has 0 aliphatic carbocycles. The van der Waals surface area contributed by atoms with Gasteiger partial charge in [-0.25, -0.2) is 0 Å². The van der Waals surface area contributed by atoms with Crippen molar-refractivity contribution in [1.82, 2.24) is 5.32 Å². The van der Waals surface area contributed by atoms with E-state index in [2.05, 4.69) is 5.32 Å². The van der Waals surface area contributed by atoms with Crippen LogP contribution in [0, 0.1) is 0 Å². The van der Waals surface area contributed by atoms with E-state index in [0.717, 1.165) is 0 Å². The highest BCUT2D eigenvalue weighted by Crippen LogP contribution is 2.28. The maximum atomic E-state index is 11.6. The molecule has 0 saturated heterocycles. The summed E-state index contributed by atoms with van der Waals surface area (Å²) in [6, 6.07) is 5.02. The molecule has 1 amide bonds. The predicted molar refractivity (Wildman–Crippen MR) is 70.8 cm³/mol. The molecule has 1 rings (SSSR count). The lowest BCUT2D eigenvalue weighted by Gasteiger charge is -2.20. The molecule has 5 nitrogen and oxygen atoms in total. The molecule has 0 heterocycles. The van der Waals surface area contributed by atoms with Crippen molar-refractivity contribution >= 4 is 11.6 Å². The van der Waals surface area contributed by atoms with Crippen LogP contribution in [0.25, 0.3) is 0 Å². The van der Waals surface area contributed by atoms with Gasteiger partial charge in [0, 0.05) is 17.3 Å². The number of rotatable bonds is 4. The molecular weight excluding hydrogens is 232 g/mol. The smallest absolute Gasteiger partial charge is 0.258 e. The standard InChI is InChI=1S/C13H20N2O3/c1-13(2,3)15-12(16)8-18-10-6-5-9(14)7-11(10)17-4/h5-7H,8,14H2,1-4H3,(H,15,16). The van der Waals surface area contributed by atoms with E-state index in [-0.39, 0.29) is 18.1 Å². The Morgan fingerprint density at radius 1 is 1.33 bits per heavy atom. The SMILES string of the molecule is COc1cc(N)ccc1OCC(=O)NC(C)(C)C. The second-order valence-corrected chi connectivity index (χ2v) is 5.00. The Morgan fingerprint density at radius 2 is 2.00 bits per heavy atom. The van der Waals surface area contributed by atoms with E-state index < -0.39 is 0 Å². The third-order valence-corrected chi connectivity index (χ3v) is 2.06. The highest BCUT2D eigenvalue weighted by atomic mass is 16.5. The maximum absolute atomic E-state index is 11.6. The van der Waals surface area contributed by atoms with E-state index in [1.165, 1.54) is 7.11 Å². The van der Waals surface area contributed by atoms with E-state index in [1.54, 1.807) is 18.2 Å². The third-order valence-electron chi connectivity index (χ3n) is 2.06. The van der Waals surface area contributed by atoms with Crippen LogP contribution in [0.4, 0.5) is 5.69 Å². The number of nitrogen functional groups attached to an aromatic ring is 1. The first kappa shape index (κ1) is 14.2. The summed E-state index contributed by atoms with van der Waals surface area (Å²) >= 11 is 0. The zero-order valence-electron chi connectivity index (χ0n) is 11.2. The van der Waals surface area contributed by atoms with Crippen molar-refractivity contribution in [2.75, 3.05) is 19.5 Å². The van der Waals surface area contributed by atoms with Crippen molar-refractivity contribution in [3.05, 3.63) is 18.2 Å². The largest absolute Gasteiger partial charge is 0.493 e. The number of amides is 1. The minimum Gasteiger partial charge on any atom is -0.493 e. The van der Waals surface area contributed by atoms with Crippen LogP contribution in [0.1, 0.15) is 20.8 Å². The summed E-state index contributed by atoms with van der Waals surface area (Å²) in [6.07, 6.45) is 0. The van der Waals surface area contributed by atoms with Gasteiger partial charge < -0.3 is 20.5 Å². The van der Waals surface area contributed by atoms with Crippen LogP contribution >= 0.6 is 0 Å². The number of ether oxygens (including phenoxy) is 2. The van der Waals surface area contributed by atoms with Gasteiger partial charge in [0.2, 0.25) is 0 Å². The highest BCUT2D eigenvalue weighted by molar-refractivity contribution is 5.78. The molecule has 3 N–H and O–H groups in total. The highest BCUT2D eigenvalue weighted by Gasteiger charge is 2.14. The molecule has 0 atom stereocenters. The van der Waals surface area contributed by atoms with Crippen molar-refractivity contribution in [2.45, 2.75) is 26.3 Å². The summed E-state index contributed by atoms with van der Waals surface area (Å²) < 4.78 is 10.5. The average Bonchev–Trinajstić information content (AvgIpc) is 2.24. The fourth-order valence-corrected chi connectivity index (χ4v) is 1.40. The number of methoxy groups -OCH3 is 1. The van der Waals surface area contributed by atoms with Gasteiger partial charge in [-0.05, 0) is 32.9 Å². The molecule has 0 aliphatic rings. The van der Waals surface area contributed by atoms with Gasteiger partial charge in [-0.3, -0.25) is 4.79 Å². The summed E-state index contributed by atoms with van der Waals surface area (Å²) in [5, 5.41) is 2.81. The Morgan fingerprint density at radius 3 is 2.56 bits per heavy atom. The van der Waals surface area contributed by atoms with Gasteiger partial charge in [0.15, 0.2) is 18.1 Å². The molecule has 5 heteroatoms. The second kappa shape index (κ2) is 5.62.